The van der Waals surface area contributed by atoms with Crippen LogP contribution in [0.5, 0.6) is 0 Å². The van der Waals surface area contributed by atoms with Crippen molar-refractivity contribution in [1.82, 2.24) is 10.3 Å². The fraction of sp³-hybridized carbons (Fsp3) is 0.105. The Hall–Kier alpha value is -3.12. The minimum absolute atomic E-state index is 0.117. The van der Waals surface area contributed by atoms with Crippen molar-refractivity contribution in [3.63, 3.8) is 0 Å². The summed E-state index contributed by atoms with van der Waals surface area (Å²) in [5.41, 5.74) is 12.4. The Balaban J connectivity index is 1.95. The smallest absolute Gasteiger partial charge is 0.251 e. The molecule has 5 N–H and O–H groups in total. The van der Waals surface area contributed by atoms with E-state index in [4.69, 9.17) is 23.1 Å². The molecule has 0 fully saturated rings. The van der Waals surface area contributed by atoms with Gasteiger partial charge in [0, 0.05) is 22.5 Å². The van der Waals surface area contributed by atoms with Crippen LogP contribution in [0.2, 0.25) is 5.02 Å². The van der Waals surface area contributed by atoms with E-state index in [0.717, 1.165) is 5.56 Å². The molecular weight excluding hydrogens is 350 g/mol. The van der Waals surface area contributed by atoms with Crippen LogP contribution in [0.3, 0.4) is 0 Å². The molecule has 26 heavy (non-hydrogen) atoms. The molecular formula is C19H18ClN5O. The summed E-state index contributed by atoms with van der Waals surface area (Å²) in [6, 6.07) is 14.7. The van der Waals surface area contributed by atoms with Crippen molar-refractivity contribution in [2.45, 2.75) is 13.0 Å². The number of aliphatic imine (C=N–C) groups is 1. The molecule has 0 aliphatic carbocycles. The van der Waals surface area contributed by atoms with Gasteiger partial charge in [-0.2, -0.15) is 4.99 Å². The lowest BCUT2D eigenvalue weighted by Gasteiger charge is -2.15. The average molecular weight is 368 g/mol. The Bertz CT molecular complexity index is 984. The summed E-state index contributed by atoms with van der Waals surface area (Å²) in [4.78, 5) is 20.8. The summed E-state index contributed by atoms with van der Waals surface area (Å²) in [6.07, 6.45) is 1.48. The molecule has 7 heteroatoms. The second-order valence-electron chi connectivity index (χ2n) is 5.83. The summed E-state index contributed by atoms with van der Waals surface area (Å²) in [6.45, 7) is 1.93. The zero-order valence-corrected chi connectivity index (χ0v) is 14.9. The first-order valence-corrected chi connectivity index (χ1v) is 8.37. The molecule has 0 aliphatic rings. The quantitative estimate of drug-likeness (QED) is 0.486. The van der Waals surface area contributed by atoms with Gasteiger partial charge in [-0.3, -0.25) is 4.79 Å². The molecule has 3 aromatic rings. The molecule has 0 bridgehead atoms. The van der Waals surface area contributed by atoms with Gasteiger partial charge in [0.05, 0.1) is 11.1 Å². The summed E-state index contributed by atoms with van der Waals surface area (Å²) < 4.78 is 0. The van der Waals surface area contributed by atoms with Gasteiger partial charge in [-0.1, -0.05) is 48.0 Å². The Kier molecular flexibility index (Phi) is 5.04. The van der Waals surface area contributed by atoms with E-state index in [1.54, 1.807) is 18.2 Å². The van der Waals surface area contributed by atoms with Crippen molar-refractivity contribution in [2.24, 2.45) is 16.5 Å². The van der Waals surface area contributed by atoms with Gasteiger partial charge in [-0.15, -0.1) is 0 Å². The van der Waals surface area contributed by atoms with E-state index < -0.39 is 0 Å². The molecule has 0 spiro atoms. The van der Waals surface area contributed by atoms with E-state index in [1.807, 2.05) is 37.3 Å². The number of nitrogens with two attached hydrogens (primary N) is 2. The van der Waals surface area contributed by atoms with Crippen molar-refractivity contribution in [3.05, 3.63) is 70.9 Å². The number of aromatic nitrogens is 1. The number of nitrogens with zero attached hydrogens (tertiary/aromatic N) is 2. The molecule has 0 radical (unpaired) electrons. The highest BCUT2D eigenvalue weighted by molar-refractivity contribution is 6.35. The lowest BCUT2D eigenvalue weighted by atomic mass is 10.1. The van der Waals surface area contributed by atoms with Crippen molar-refractivity contribution in [2.75, 3.05) is 0 Å². The van der Waals surface area contributed by atoms with Gasteiger partial charge < -0.3 is 16.8 Å². The first-order valence-electron chi connectivity index (χ1n) is 7.99. The molecule has 1 aromatic heterocycles. The van der Waals surface area contributed by atoms with Gasteiger partial charge in [-0.25, -0.2) is 4.98 Å². The van der Waals surface area contributed by atoms with E-state index in [1.165, 1.54) is 6.20 Å². The highest BCUT2D eigenvalue weighted by Gasteiger charge is 2.14. The zero-order chi connectivity index (χ0) is 18.7. The predicted molar refractivity (Wildman–Crippen MR) is 105 cm³/mol. The molecule has 1 heterocycles. The monoisotopic (exact) mass is 367 g/mol. The number of pyridine rings is 1. The van der Waals surface area contributed by atoms with E-state index in [-0.39, 0.29) is 17.9 Å². The normalized spacial score (nSPS) is 11.8. The number of rotatable bonds is 4. The first-order chi connectivity index (χ1) is 12.5. The molecule has 0 saturated heterocycles. The van der Waals surface area contributed by atoms with Crippen molar-refractivity contribution in [3.8, 4) is 0 Å². The van der Waals surface area contributed by atoms with Gasteiger partial charge in [-0.05, 0) is 24.6 Å². The SMILES string of the molecule is CC(NC(=O)c1ccc2c(Cl)cnc(N=C(N)N)c2c1)c1ccccc1. The number of carbonyl (C=O) groups is 1. The van der Waals surface area contributed by atoms with Gasteiger partial charge >= 0.3 is 0 Å². The molecule has 1 atom stereocenters. The van der Waals surface area contributed by atoms with E-state index in [2.05, 4.69) is 15.3 Å². The Morgan fingerprint density at radius 2 is 1.88 bits per heavy atom. The van der Waals surface area contributed by atoms with E-state index in [0.29, 0.717) is 27.2 Å². The maximum Gasteiger partial charge on any atom is 0.251 e. The number of fused-ring (bicyclic) bond motifs is 1. The van der Waals surface area contributed by atoms with Gasteiger partial charge in [0.25, 0.3) is 5.91 Å². The van der Waals surface area contributed by atoms with Crippen LogP contribution >= 0.6 is 11.6 Å². The largest absolute Gasteiger partial charge is 0.370 e. The van der Waals surface area contributed by atoms with Crippen molar-refractivity contribution in [1.29, 1.82) is 0 Å². The second-order valence-corrected chi connectivity index (χ2v) is 6.24. The maximum absolute atomic E-state index is 12.6. The van der Waals surface area contributed by atoms with E-state index >= 15 is 0 Å². The molecule has 6 nitrogen and oxygen atoms in total. The number of benzene rings is 2. The topological polar surface area (TPSA) is 106 Å². The van der Waals surface area contributed by atoms with Crippen LogP contribution in [0.4, 0.5) is 5.82 Å². The van der Waals surface area contributed by atoms with Crippen LogP contribution < -0.4 is 16.8 Å². The van der Waals surface area contributed by atoms with Gasteiger partial charge in [0.1, 0.15) is 0 Å². The third kappa shape index (κ3) is 3.75. The van der Waals surface area contributed by atoms with Crippen LogP contribution in [0.1, 0.15) is 28.9 Å². The standard InChI is InChI=1S/C19H18ClN5O/c1-11(12-5-3-2-4-6-12)24-18(26)13-7-8-14-15(9-13)17(25-19(21)22)23-10-16(14)20/h2-11H,1H3,(H,24,26)(H4,21,22,23,25). The fourth-order valence-electron chi connectivity index (χ4n) is 2.65. The molecule has 2 aromatic carbocycles. The number of amides is 1. The lowest BCUT2D eigenvalue weighted by molar-refractivity contribution is 0.0940. The van der Waals surface area contributed by atoms with Crippen LogP contribution in [0.15, 0.2) is 59.7 Å². The fourth-order valence-corrected chi connectivity index (χ4v) is 2.87. The molecule has 132 valence electrons. The summed E-state index contributed by atoms with van der Waals surface area (Å²) in [5.74, 6) is -0.0114. The summed E-state index contributed by atoms with van der Waals surface area (Å²) >= 11 is 6.19. The first kappa shape index (κ1) is 17.7. The number of hydrogen-bond donors (Lipinski definition) is 3. The molecule has 1 amide bonds. The van der Waals surface area contributed by atoms with Crippen molar-refractivity contribution >= 4 is 40.1 Å². The number of guanidine groups is 1. The van der Waals surface area contributed by atoms with Crippen LogP contribution in [-0.4, -0.2) is 16.9 Å². The maximum atomic E-state index is 12.6. The third-order valence-electron chi connectivity index (χ3n) is 3.96. The lowest BCUT2D eigenvalue weighted by Crippen LogP contribution is -2.26. The van der Waals surface area contributed by atoms with Crippen LogP contribution in [-0.2, 0) is 0 Å². The Labute approximate surface area is 155 Å². The number of hydrogen-bond acceptors (Lipinski definition) is 3. The third-order valence-corrected chi connectivity index (χ3v) is 4.26. The number of carbonyl (C=O) groups excluding carboxylic acids is 1. The van der Waals surface area contributed by atoms with Crippen LogP contribution in [0, 0.1) is 0 Å². The van der Waals surface area contributed by atoms with Crippen LogP contribution in [0.25, 0.3) is 10.8 Å². The van der Waals surface area contributed by atoms with E-state index in [9.17, 15) is 4.79 Å². The predicted octanol–water partition coefficient (Wildman–Crippen LogP) is 3.28. The summed E-state index contributed by atoms with van der Waals surface area (Å²) in [7, 11) is 0. The molecule has 0 saturated carbocycles. The zero-order valence-electron chi connectivity index (χ0n) is 14.1. The van der Waals surface area contributed by atoms with Gasteiger partial charge in [0.2, 0.25) is 0 Å². The highest BCUT2D eigenvalue weighted by atomic mass is 35.5. The summed E-state index contributed by atoms with van der Waals surface area (Å²) in [5, 5.41) is 4.75. The minimum Gasteiger partial charge on any atom is -0.370 e. The number of nitrogens with one attached hydrogen (secondary N) is 1. The minimum atomic E-state index is -0.209. The average Bonchev–Trinajstić information content (AvgIpc) is 2.64. The molecule has 1 unspecified atom stereocenters. The van der Waals surface area contributed by atoms with Gasteiger partial charge in [0.15, 0.2) is 11.8 Å². The van der Waals surface area contributed by atoms with Crippen molar-refractivity contribution < 1.29 is 4.79 Å². The molecule has 0 aliphatic heterocycles. The Morgan fingerprint density at radius 3 is 2.58 bits per heavy atom. The molecule has 3 rings (SSSR count). The highest BCUT2D eigenvalue weighted by Crippen LogP contribution is 2.30. The number of halogens is 1. The second kappa shape index (κ2) is 7.41. The Morgan fingerprint density at radius 1 is 1.15 bits per heavy atom.